The molecule has 0 aliphatic heterocycles. The number of nitrogens with one attached hydrogen (secondary N) is 1. The van der Waals surface area contributed by atoms with Crippen molar-refractivity contribution in [2.24, 2.45) is 0 Å². The number of carbonyl (C=O) groups excluding carboxylic acids is 1. The zero-order chi connectivity index (χ0) is 15.4. The Morgan fingerprint density at radius 3 is 2.77 bits per heavy atom. The van der Waals surface area contributed by atoms with Crippen molar-refractivity contribution in [1.82, 2.24) is 5.32 Å². The van der Waals surface area contributed by atoms with Crippen molar-refractivity contribution in [1.29, 1.82) is 0 Å². The van der Waals surface area contributed by atoms with Gasteiger partial charge in [-0.15, -0.1) is 0 Å². The van der Waals surface area contributed by atoms with E-state index in [1.165, 1.54) is 19.3 Å². The molecule has 0 aromatic heterocycles. The van der Waals surface area contributed by atoms with Crippen molar-refractivity contribution in [3.8, 4) is 5.75 Å². The van der Waals surface area contributed by atoms with Gasteiger partial charge in [-0.1, -0.05) is 43.5 Å². The molecule has 3 heteroatoms. The number of amides is 1. The smallest absolute Gasteiger partial charge is 0.224 e. The molecule has 1 fully saturated rings. The average Bonchev–Trinajstić information content (AvgIpc) is 2.55. The standard InChI is InChI=1S/C19H23NO2/c1-22-17-11-10-14-6-5-7-15(18(14)13-17)12-19(21)20-16-8-3-2-4-9-16/h5-7,10-11,13,16H,2-4,8-9,12H2,1H3,(H,20,21). The third kappa shape index (κ3) is 3.41. The van der Waals surface area contributed by atoms with Gasteiger partial charge >= 0.3 is 0 Å². The molecule has 2 aromatic rings. The van der Waals surface area contributed by atoms with Crippen LogP contribution in [-0.4, -0.2) is 19.1 Å². The third-order valence-corrected chi connectivity index (χ3v) is 4.50. The van der Waals surface area contributed by atoms with Crippen LogP contribution in [0.1, 0.15) is 37.7 Å². The van der Waals surface area contributed by atoms with Crippen LogP contribution in [0.4, 0.5) is 0 Å². The first kappa shape index (κ1) is 14.9. The summed E-state index contributed by atoms with van der Waals surface area (Å²) in [5.74, 6) is 0.954. The lowest BCUT2D eigenvalue weighted by Crippen LogP contribution is -2.37. The summed E-state index contributed by atoms with van der Waals surface area (Å²) in [7, 11) is 1.67. The highest BCUT2D eigenvalue weighted by Gasteiger charge is 2.16. The first-order valence-corrected chi connectivity index (χ1v) is 8.11. The van der Waals surface area contributed by atoms with Crippen molar-refractivity contribution in [3.63, 3.8) is 0 Å². The molecule has 0 bridgehead atoms. The van der Waals surface area contributed by atoms with E-state index in [0.717, 1.165) is 34.9 Å². The van der Waals surface area contributed by atoms with Crippen LogP contribution in [-0.2, 0) is 11.2 Å². The van der Waals surface area contributed by atoms with E-state index in [1.807, 2.05) is 30.3 Å². The number of methoxy groups -OCH3 is 1. The number of hydrogen-bond donors (Lipinski definition) is 1. The molecule has 3 nitrogen and oxygen atoms in total. The molecule has 0 spiro atoms. The van der Waals surface area contributed by atoms with Crippen LogP contribution >= 0.6 is 0 Å². The van der Waals surface area contributed by atoms with Gasteiger partial charge in [0, 0.05) is 6.04 Å². The summed E-state index contributed by atoms with van der Waals surface area (Å²) in [6.45, 7) is 0. The second kappa shape index (κ2) is 6.82. The molecule has 1 aliphatic rings. The summed E-state index contributed by atoms with van der Waals surface area (Å²) >= 11 is 0. The maximum Gasteiger partial charge on any atom is 0.224 e. The predicted molar refractivity (Wildman–Crippen MR) is 89.2 cm³/mol. The second-order valence-corrected chi connectivity index (χ2v) is 6.08. The van der Waals surface area contributed by atoms with E-state index in [2.05, 4.69) is 11.4 Å². The minimum absolute atomic E-state index is 0.127. The van der Waals surface area contributed by atoms with Crippen LogP contribution in [0, 0.1) is 0 Å². The van der Waals surface area contributed by atoms with Gasteiger partial charge in [0.25, 0.3) is 0 Å². The summed E-state index contributed by atoms with van der Waals surface area (Å²) < 4.78 is 5.30. The molecule has 22 heavy (non-hydrogen) atoms. The van der Waals surface area contributed by atoms with Gasteiger partial charge in [0.15, 0.2) is 0 Å². The fourth-order valence-electron chi connectivity index (χ4n) is 3.30. The lowest BCUT2D eigenvalue weighted by atomic mass is 9.95. The van der Waals surface area contributed by atoms with Gasteiger partial charge in [-0.2, -0.15) is 0 Å². The largest absolute Gasteiger partial charge is 0.497 e. The van der Waals surface area contributed by atoms with E-state index < -0.39 is 0 Å². The topological polar surface area (TPSA) is 38.3 Å². The molecule has 0 saturated heterocycles. The first-order valence-electron chi connectivity index (χ1n) is 8.11. The Hall–Kier alpha value is -2.03. The van der Waals surface area contributed by atoms with Gasteiger partial charge in [0.05, 0.1) is 13.5 Å². The summed E-state index contributed by atoms with van der Waals surface area (Å²) in [6.07, 6.45) is 6.44. The Kier molecular flexibility index (Phi) is 4.62. The third-order valence-electron chi connectivity index (χ3n) is 4.50. The average molecular weight is 297 g/mol. The maximum absolute atomic E-state index is 12.3. The van der Waals surface area contributed by atoms with E-state index in [4.69, 9.17) is 4.74 Å². The van der Waals surface area contributed by atoms with Gasteiger partial charge in [-0.3, -0.25) is 4.79 Å². The molecule has 1 aliphatic carbocycles. The number of ether oxygens (including phenoxy) is 1. The molecule has 1 N–H and O–H groups in total. The zero-order valence-electron chi connectivity index (χ0n) is 13.1. The van der Waals surface area contributed by atoms with Crippen molar-refractivity contribution in [2.75, 3.05) is 7.11 Å². The Balaban J connectivity index is 1.76. The molecular formula is C19H23NO2. The Labute approximate surface area is 131 Å². The van der Waals surface area contributed by atoms with Gasteiger partial charge in [-0.05, 0) is 41.3 Å². The van der Waals surface area contributed by atoms with Gasteiger partial charge in [-0.25, -0.2) is 0 Å². The van der Waals surface area contributed by atoms with Crippen molar-refractivity contribution in [2.45, 2.75) is 44.6 Å². The maximum atomic E-state index is 12.3. The highest BCUT2D eigenvalue weighted by atomic mass is 16.5. The van der Waals surface area contributed by atoms with Gasteiger partial charge in [0.1, 0.15) is 5.75 Å². The van der Waals surface area contributed by atoms with Crippen molar-refractivity contribution in [3.05, 3.63) is 42.0 Å². The van der Waals surface area contributed by atoms with E-state index in [1.54, 1.807) is 7.11 Å². The first-order chi connectivity index (χ1) is 10.8. The Morgan fingerprint density at radius 1 is 1.18 bits per heavy atom. The monoisotopic (exact) mass is 297 g/mol. The SMILES string of the molecule is COc1ccc2cccc(CC(=O)NC3CCCCC3)c2c1. The van der Waals surface area contributed by atoms with E-state index in [-0.39, 0.29) is 5.91 Å². The molecule has 0 atom stereocenters. The van der Waals surface area contributed by atoms with E-state index in [0.29, 0.717) is 12.5 Å². The summed E-state index contributed by atoms with van der Waals surface area (Å²) in [5, 5.41) is 5.43. The van der Waals surface area contributed by atoms with Crippen LogP contribution in [0.25, 0.3) is 10.8 Å². The minimum atomic E-state index is 0.127. The Bertz CT molecular complexity index is 660. The number of fused-ring (bicyclic) bond motifs is 1. The molecule has 116 valence electrons. The van der Waals surface area contributed by atoms with Crippen molar-refractivity contribution < 1.29 is 9.53 Å². The van der Waals surface area contributed by atoms with Crippen LogP contribution in [0.2, 0.25) is 0 Å². The van der Waals surface area contributed by atoms with Gasteiger partial charge in [0.2, 0.25) is 5.91 Å². The normalized spacial score (nSPS) is 15.7. The van der Waals surface area contributed by atoms with E-state index in [9.17, 15) is 4.79 Å². The number of carbonyl (C=O) groups is 1. The molecule has 0 radical (unpaired) electrons. The number of rotatable bonds is 4. The number of hydrogen-bond acceptors (Lipinski definition) is 2. The summed E-state index contributed by atoms with van der Waals surface area (Å²) in [4.78, 5) is 12.3. The van der Waals surface area contributed by atoms with E-state index >= 15 is 0 Å². The number of benzene rings is 2. The minimum Gasteiger partial charge on any atom is -0.497 e. The zero-order valence-corrected chi connectivity index (χ0v) is 13.1. The molecule has 0 unspecified atom stereocenters. The Morgan fingerprint density at radius 2 is 2.00 bits per heavy atom. The molecular weight excluding hydrogens is 274 g/mol. The van der Waals surface area contributed by atoms with Crippen LogP contribution in [0.15, 0.2) is 36.4 Å². The van der Waals surface area contributed by atoms with Crippen LogP contribution in [0.3, 0.4) is 0 Å². The molecule has 1 amide bonds. The fourth-order valence-corrected chi connectivity index (χ4v) is 3.30. The fraction of sp³-hybridized carbons (Fsp3) is 0.421. The highest BCUT2D eigenvalue weighted by Crippen LogP contribution is 2.24. The van der Waals surface area contributed by atoms with Gasteiger partial charge < -0.3 is 10.1 Å². The molecule has 0 heterocycles. The molecule has 1 saturated carbocycles. The van der Waals surface area contributed by atoms with Crippen LogP contribution in [0.5, 0.6) is 5.75 Å². The quantitative estimate of drug-likeness (QED) is 0.931. The molecule has 3 rings (SSSR count). The lowest BCUT2D eigenvalue weighted by Gasteiger charge is -2.22. The summed E-state index contributed by atoms with van der Waals surface area (Å²) in [6, 6.07) is 12.5. The van der Waals surface area contributed by atoms with Crippen LogP contribution < -0.4 is 10.1 Å². The second-order valence-electron chi connectivity index (χ2n) is 6.08. The highest BCUT2D eigenvalue weighted by molar-refractivity contribution is 5.91. The molecule has 2 aromatic carbocycles. The van der Waals surface area contributed by atoms with Crippen molar-refractivity contribution >= 4 is 16.7 Å². The predicted octanol–water partition coefficient (Wildman–Crippen LogP) is 3.84. The summed E-state index contributed by atoms with van der Waals surface area (Å²) in [5.41, 5.74) is 1.06. The lowest BCUT2D eigenvalue weighted by molar-refractivity contribution is -0.121.